The maximum absolute atomic E-state index is 12.7. The molecular weight excluding hydrogens is 362 g/mol. The smallest absolute Gasteiger partial charge is 0.170 e. The second-order valence-electron chi connectivity index (χ2n) is 8.22. The molecule has 0 aliphatic heterocycles. The van der Waals surface area contributed by atoms with Crippen LogP contribution in [0.15, 0.2) is 42.5 Å². The van der Waals surface area contributed by atoms with Gasteiger partial charge in [-0.25, -0.2) is 4.98 Å². The van der Waals surface area contributed by atoms with Crippen molar-refractivity contribution in [3.63, 3.8) is 0 Å². The highest BCUT2D eigenvalue weighted by Crippen LogP contribution is 2.22. The van der Waals surface area contributed by atoms with Crippen LogP contribution in [0.25, 0.3) is 5.65 Å². The third-order valence-electron chi connectivity index (χ3n) is 5.45. The number of Topliss-reactive ketones (excluding diaryl/α,β-unsaturated/α-hetero) is 1. The van der Waals surface area contributed by atoms with E-state index in [9.17, 15) is 4.79 Å². The summed E-state index contributed by atoms with van der Waals surface area (Å²) >= 11 is 0. The molecule has 6 nitrogen and oxygen atoms in total. The molecule has 1 aromatic carbocycles. The van der Waals surface area contributed by atoms with E-state index in [1.54, 1.807) is 0 Å². The van der Waals surface area contributed by atoms with Gasteiger partial charge in [0.1, 0.15) is 5.82 Å². The molecule has 0 atom stereocenters. The molecule has 3 aromatic rings. The number of nitrogens with one attached hydrogen (secondary N) is 1. The Kier molecular flexibility index (Phi) is 5.90. The maximum Gasteiger partial charge on any atom is 0.170 e. The summed E-state index contributed by atoms with van der Waals surface area (Å²) in [7, 11) is 4.07. The second-order valence-corrected chi connectivity index (χ2v) is 8.22. The number of benzene rings is 1. The van der Waals surface area contributed by atoms with Gasteiger partial charge in [0.2, 0.25) is 0 Å². The molecule has 1 fully saturated rings. The molecule has 29 heavy (non-hydrogen) atoms. The van der Waals surface area contributed by atoms with Crippen LogP contribution in [0.5, 0.6) is 0 Å². The van der Waals surface area contributed by atoms with Crippen LogP contribution < -0.4 is 5.32 Å². The lowest BCUT2D eigenvalue weighted by molar-refractivity contribution is 0.0991. The molecule has 0 amide bonds. The van der Waals surface area contributed by atoms with E-state index in [1.165, 1.54) is 37.7 Å². The molecule has 0 radical (unpaired) electrons. The lowest BCUT2D eigenvalue weighted by Gasteiger charge is -2.23. The second kappa shape index (κ2) is 8.74. The summed E-state index contributed by atoms with van der Waals surface area (Å²) in [6.45, 7) is 0.860. The topological polar surface area (TPSA) is 62.5 Å². The van der Waals surface area contributed by atoms with E-state index in [0.717, 1.165) is 18.0 Å². The lowest BCUT2D eigenvalue weighted by Crippen LogP contribution is -2.23. The van der Waals surface area contributed by atoms with Crippen LogP contribution in [0.3, 0.4) is 0 Å². The van der Waals surface area contributed by atoms with Gasteiger partial charge in [0.15, 0.2) is 17.3 Å². The van der Waals surface area contributed by atoms with Crippen molar-refractivity contribution in [1.82, 2.24) is 19.5 Å². The first-order valence-corrected chi connectivity index (χ1v) is 10.5. The lowest BCUT2D eigenvalue weighted by atomic mass is 9.95. The van der Waals surface area contributed by atoms with Gasteiger partial charge in [-0.2, -0.15) is 4.52 Å². The van der Waals surface area contributed by atoms with Crippen LogP contribution in [0.1, 0.15) is 53.8 Å². The largest absolute Gasteiger partial charge is 0.367 e. The van der Waals surface area contributed by atoms with Gasteiger partial charge < -0.3 is 10.2 Å². The Balaban J connectivity index is 1.48. The third-order valence-corrected chi connectivity index (χ3v) is 5.45. The molecule has 1 aliphatic carbocycles. The first-order valence-electron chi connectivity index (χ1n) is 10.5. The fourth-order valence-corrected chi connectivity index (χ4v) is 4.00. The Morgan fingerprint density at radius 1 is 1.10 bits per heavy atom. The van der Waals surface area contributed by atoms with Crippen molar-refractivity contribution in [3.8, 4) is 0 Å². The van der Waals surface area contributed by atoms with Gasteiger partial charge >= 0.3 is 0 Å². The van der Waals surface area contributed by atoms with Gasteiger partial charge in [-0.1, -0.05) is 49.6 Å². The van der Waals surface area contributed by atoms with Crippen LogP contribution in [0, 0.1) is 0 Å². The predicted octanol–water partition coefficient (Wildman–Crippen LogP) is 3.96. The Bertz CT molecular complexity index is 971. The molecule has 1 saturated carbocycles. The number of aromatic nitrogens is 3. The summed E-state index contributed by atoms with van der Waals surface area (Å²) < 4.78 is 1.83. The molecular formula is C23H29N5O. The van der Waals surface area contributed by atoms with Crippen molar-refractivity contribution in [1.29, 1.82) is 0 Å². The number of nitrogens with zero attached hydrogens (tertiary/aromatic N) is 4. The van der Waals surface area contributed by atoms with Gasteiger partial charge in [0.05, 0.1) is 6.42 Å². The molecule has 4 rings (SSSR count). The first kappa shape index (κ1) is 19.6. The SMILES string of the molecule is CN(C)Cc1ccc(C(=O)Cc2nc3cccc(NC4CCCCC4)n3n2)cc1. The number of pyridine rings is 1. The van der Waals surface area contributed by atoms with Crippen molar-refractivity contribution in [2.45, 2.75) is 51.1 Å². The molecule has 0 spiro atoms. The average Bonchev–Trinajstić information content (AvgIpc) is 3.12. The maximum atomic E-state index is 12.7. The van der Waals surface area contributed by atoms with E-state index >= 15 is 0 Å². The van der Waals surface area contributed by atoms with E-state index in [1.807, 2.05) is 61.1 Å². The minimum Gasteiger partial charge on any atom is -0.367 e. The average molecular weight is 392 g/mol. The number of carbonyl (C=O) groups excluding carboxylic acids is 1. The fourth-order valence-electron chi connectivity index (χ4n) is 4.00. The summed E-state index contributed by atoms with van der Waals surface area (Å²) in [6.07, 6.45) is 6.47. The summed E-state index contributed by atoms with van der Waals surface area (Å²) in [4.78, 5) is 19.4. The number of hydrogen-bond acceptors (Lipinski definition) is 5. The Morgan fingerprint density at radius 3 is 2.59 bits per heavy atom. The number of rotatable bonds is 7. The van der Waals surface area contributed by atoms with Gasteiger partial charge in [-0.3, -0.25) is 4.79 Å². The Hall–Kier alpha value is -2.73. The van der Waals surface area contributed by atoms with Crippen molar-refractivity contribution < 1.29 is 4.79 Å². The van der Waals surface area contributed by atoms with Crippen molar-refractivity contribution in [2.75, 3.05) is 19.4 Å². The Labute approximate surface area is 171 Å². The molecule has 6 heteroatoms. The molecule has 152 valence electrons. The highest BCUT2D eigenvalue weighted by molar-refractivity contribution is 5.97. The zero-order chi connectivity index (χ0) is 20.2. The molecule has 1 aliphatic rings. The predicted molar refractivity (Wildman–Crippen MR) is 115 cm³/mol. The minimum atomic E-state index is 0.0408. The van der Waals surface area contributed by atoms with Crippen molar-refractivity contribution in [3.05, 3.63) is 59.4 Å². The highest BCUT2D eigenvalue weighted by atomic mass is 16.1. The number of anilines is 1. The monoisotopic (exact) mass is 391 g/mol. The van der Waals surface area contributed by atoms with Crippen LogP contribution in [-0.4, -0.2) is 45.4 Å². The Morgan fingerprint density at radius 2 is 1.86 bits per heavy atom. The molecule has 2 aromatic heterocycles. The minimum absolute atomic E-state index is 0.0408. The number of hydrogen-bond donors (Lipinski definition) is 1. The quantitative estimate of drug-likeness (QED) is 0.618. The standard InChI is InChI=1S/C23H29N5O/c1-27(2)16-17-11-13-18(14-12-17)20(29)15-21-25-23-10-6-9-22(28(23)26-21)24-19-7-4-3-5-8-19/h6,9-14,19,24H,3-5,7-8,15-16H2,1-2H3. The van der Waals surface area contributed by atoms with E-state index in [-0.39, 0.29) is 12.2 Å². The number of fused-ring (bicyclic) bond motifs is 1. The summed E-state index contributed by atoms with van der Waals surface area (Å²) in [5, 5.41) is 8.23. The summed E-state index contributed by atoms with van der Waals surface area (Å²) in [5.74, 6) is 1.55. The zero-order valence-electron chi connectivity index (χ0n) is 17.3. The molecule has 0 bridgehead atoms. The molecule has 0 unspecified atom stereocenters. The van der Waals surface area contributed by atoms with E-state index in [2.05, 4.69) is 20.3 Å². The number of carbonyl (C=O) groups is 1. The van der Waals surface area contributed by atoms with E-state index in [4.69, 9.17) is 0 Å². The normalized spacial score (nSPS) is 15.1. The number of ketones is 1. The summed E-state index contributed by atoms with van der Waals surface area (Å²) in [5.41, 5.74) is 2.66. The highest BCUT2D eigenvalue weighted by Gasteiger charge is 2.16. The molecule has 2 heterocycles. The van der Waals surface area contributed by atoms with Crippen LogP contribution in [-0.2, 0) is 13.0 Å². The fraction of sp³-hybridized carbons (Fsp3) is 0.435. The van der Waals surface area contributed by atoms with Crippen LogP contribution >= 0.6 is 0 Å². The third kappa shape index (κ3) is 4.82. The first-order chi connectivity index (χ1) is 14.1. The van der Waals surface area contributed by atoms with Gasteiger partial charge in [-0.05, 0) is 44.6 Å². The molecule has 0 saturated heterocycles. The van der Waals surface area contributed by atoms with Gasteiger partial charge in [-0.15, -0.1) is 5.10 Å². The van der Waals surface area contributed by atoms with Crippen LogP contribution in [0.4, 0.5) is 5.82 Å². The van der Waals surface area contributed by atoms with Gasteiger partial charge in [0.25, 0.3) is 0 Å². The summed E-state index contributed by atoms with van der Waals surface area (Å²) in [6, 6.07) is 14.3. The van der Waals surface area contributed by atoms with Gasteiger partial charge in [0, 0.05) is 18.2 Å². The van der Waals surface area contributed by atoms with Crippen LogP contribution in [0.2, 0.25) is 0 Å². The molecule has 1 N–H and O–H groups in total. The van der Waals surface area contributed by atoms with Crippen molar-refractivity contribution >= 4 is 17.2 Å². The van der Waals surface area contributed by atoms with Crippen molar-refractivity contribution in [2.24, 2.45) is 0 Å². The zero-order valence-corrected chi connectivity index (χ0v) is 17.3. The van der Waals surface area contributed by atoms with E-state index < -0.39 is 0 Å². The van der Waals surface area contributed by atoms with E-state index in [0.29, 0.717) is 17.4 Å².